The van der Waals surface area contributed by atoms with Crippen LogP contribution in [-0.2, 0) is 49.8 Å². The van der Waals surface area contributed by atoms with Crippen LogP contribution in [0.4, 0.5) is 11.4 Å². The van der Waals surface area contributed by atoms with Crippen LogP contribution in [0.2, 0.25) is 10.0 Å². The number of hydrogen-bond acceptors (Lipinski definition) is 13. The maximum Gasteiger partial charge on any atom is 0.347 e. The molecule has 0 bridgehead atoms. The van der Waals surface area contributed by atoms with Gasteiger partial charge in [0.2, 0.25) is 6.04 Å². The first kappa shape index (κ1) is 73.0. The predicted molar refractivity (Wildman–Crippen MR) is 336 cm³/mol. The van der Waals surface area contributed by atoms with Crippen LogP contribution in [-0.4, -0.2) is 75.9 Å². The molecule has 0 fully saturated rings. The molecule has 0 saturated carbocycles. The lowest BCUT2D eigenvalue weighted by Crippen LogP contribution is -2.37. The first-order chi connectivity index (χ1) is 40.4. The van der Waals surface area contributed by atoms with Gasteiger partial charge in [0, 0.05) is 0 Å². The average molecular weight is 1220 g/mol. The quantitative estimate of drug-likeness (QED) is 0.0104. The van der Waals surface area contributed by atoms with Crippen LogP contribution in [0, 0.1) is 0 Å². The molecule has 0 radical (unpaired) electrons. The van der Waals surface area contributed by atoms with E-state index in [4.69, 9.17) is 47.2 Å². The number of nitrogens with one attached hydrogen (secondary N) is 2. The van der Waals surface area contributed by atoms with Gasteiger partial charge < -0.3 is 24.8 Å². The van der Waals surface area contributed by atoms with Crippen molar-refractivity contribution in [2.24, 2.45) is 0 Å². The molecule has 2 amide bonds. The van der Waals surface area contributed by atoms with Gasteiger partial charge in [0.15, 0.2) is 6.10 Å². The van der Waals surface area contributed by atoms with Crippen molar-refractivity contribution in [1.29, 1.82) is 0 Å². The van der Waals surface area contributed by atoms with Gasteiger partial charge in [-0.3, -0.25) is 14.4 Å². The number of aromatic nitrogens is 3. The van der Waals surface area contributed by atoms with Crippen LogP contribution in [0.3, 0.4) is 0 Å². The van der Waals surface area contributed by atoms with Crippen LogP contribution >= 0.6 is 35.0 Å². The molecule has 1 aromatic heterocycles. The maximum atomic E-state index is 14.4. The molecular formula is C65H103Cl2N5O10S. The second-order valence-corrected chi connectivity index (χ2v) is 24.3. The Bertz CT molecular complexity index is 2250. The zero-order chi connectivity index (χ0) is 60.1. The Morgan fingerprint density at radius 3 is 1.42 bits per heavy atom. The number of carbonyl (C=O) groups excluding carboxylic acids is 5. The number of ether oxygens (including phenoxy) is 3. The van der Waals surface area contributed by atoms with Crippen molar-refractivity contribution in [1.82, 2.24) is 15.0 Å². The molecule has 0 spiro atoms. The van der Waals surface area contributed by atoms with Gasteiger partial charge in [0.1, 0.15) is 16.9 Å². The highest BCUT2D eigenvalue weighted by Gasteiger charge is 2.33. The lowest BCUT2D eigenvalue weighted by atomic mass is 10.0. The van der Waals surface area contributed by atoms with E-state index in [2.05, 4.69) is 41.6 Å². The van der Waals surface area contributed by atoms with Crippen molar-refractivity contribution in [2.75, 3.05) is 30.5 Å². The second-order valence-electron chi connectivity index (χ2n) is 22.1. The SMILES string of the molecule is CCCCCCCCCCCCCCCCOC(=O)C(C)OC(=O)C(C)Sc1cnn(C(C(=O)Nc2cc(COOCCCCCCCCCCCC)ccc2Cl)C(=O)Nc2cc(C(=O)OCCCCCCCCCCCC)ccc2Cl)n1. The summed E-state index contributed by atoms with van der Waals surface area (Å²) >= 11 is 14.2. The zero-order valence-electron chi connectivity index (χ0n) is 51.2. The number of halogens is 2. The number of hydrogen-bond donors (Lipinski definition) is 2. The van der Waals surface area contributed by atoms with Crippen LogP contribution in [0.5, 0.6) is 0 Å². The smallest absolute Gasteiger partial charge is 0.347 e. The first-order valence-electron chi connectivity index (χ1n) is 31.9. The van der Waals surface area contributed by atoms with Crippen molar-refractivity contribution >= 4 is 76.1 Å². The Kier molecular flexibility index (Phi) is 41.4. The summed E-state index contributed by atoms with van der Waals surface area (Å²) < 4.78 is 16.5. The molecule has 0 saturated heterocycles. The van der Waals surface area contributed by atoms with E-state index >= 15 is 0 Å². The van der Waals surface area contributed by atoms with Crippen LogP contribution in [0.1, 0.15) is 275 Å². The summed E-state index contributed by atoms with van der Waals surface area (Å²) in [6.07, 6.45) is 40.8. The molecule has 3 unspecified atom stereocenters. The summed E-state index contributed by atoms with van der Waals surface area (Å²) in [4.78, 5) is 79.8. The number of benzene rings is 2. The molecule has 15 nitrogen and oxygen atoms in total. The summed E-state index contributed by atoms with van der Waals surface area (Å²) in [5.74, 6) is -3.69. The summed E-state index contributed by atoms with van der Waals surface area (Å²) in [6.45, 7) is 10.8. The topological polar surface area (TPSA) is 186 Å². The normalized spacial score (nSPS) is 12.4. The molecule has 2 N–H and O–H groups in total. The molecule has 0 aliphatic carbocycles. The standard InChI is InChI=1S/C65H103Cl2N5O10S/c1-6-9-12-15-18-21-24-25-26-27-29-31-34-37-44-78-63(75)51(4)82-64(76)52(5)83-59-49-68-72(71-59)60(61(73)69-57-47-53(40-42-55(57)66)50-81-80-46-39-36-33-30-23-20-17-14-11-8-3)62(74)70-58-48-54(41-43-56(58)67)65(77)79-45-38-35-32-28-22-19-16-13-10-7-2/h40-43,47-49,51-52,60H,6-39,44-46,50H2,1-5H3,(H,69,73)(H,70,74). The van der Waals surface area contributed by atoms with Gasteiger partial charge in [-0.1, -0.05) is 261 Å². The number of amides is 2. The Morgan fingerprint density at radius 1 is 0.518 bits per heavy atom. The Labute approximate surface area is 512 Å². The molecule has 0 aliphatic rings. The van der Waals surface area contributed by atoms with Gasteiger partial charge in [-0.05, 0) is 69.0 Å². The number of nitrogens with zero attached hydrogens (tertiary/aromatic N) is 3. The Balaban J connectivity index is 1.60. The third kappa shape index (κ3) is 33.3. The van der Waals surface area contributed by atoms with E-state index in [1.807, 2.05) is 0 Å². The molecule has 1 heterocycles. The molecule has 3 atom stereocenters. The number of esters is 3. The molecule has 468 valence electrons. The van der Waals surface area contributed by atoms with Crippen molar-refractivity contribution < 1.29 is 48.0 Å². The van der Waals surface area contributed by atoms with Gasteiger partial charge in [-0.25, -0.2) is 19.4 Å². The fourth-order valence-electron chi connectivity index (χ4n) is 9.47. The zero-order valence-corrected chi connectivity index (χ0v) is 53.6. The van der Waals surface area contributed by atoms with Crippen molar-refractivity contribution in [3.63, 3.8) is 0 Å². The van der Waals surface area contributed by atoms with Gasteiger partial charge in [-0.2, -0.15) is 9.90 Å². The van der Waals surface area contributed by atoms with Gasteiger partial charge in [-0.15, -0.1) is 5.10 Å². The first-order valence-corrected chi connectivity index (χ1v) is 33.6. The number of thioether (sulfide) groups is 1. The minimum absolute atomic E-state index is 0.0446. The number of unbranched alkanes of at least 4 members (excludes halogenated alkanes) is 31. The lowest BCUT2D eigenvalue weighted by Gasteiger charge is -2.18. The fourth-order valence-corrected chi connectivity index (χ4v) is 10.5. The summed E-state index contributed by atoms with van der Waals surface area (Å²) in [5, 5.41) is 13.7. The van der Waals surface area contributed by atoms with Gasteiger partial charge >= 0.3 is 17.9 Å². The van der Waals surface area contributed by atoms with Crippen molar-refractivity contribution in [3.05, 3.63) is 63.8 Å². The highest BCUT2D eigenvalue weighted by Crippen LogP contribution is 2.29. The van der Waals surface area contributed by atoms with E-state index < -0.39 is 47.1 Å². The van der Waals surface area contributed by atoms with Crippen molar-refractivity contribution in [2.45, 2.75) is 282 Å². The van der Waals surface area contributed by atoms with E-state index in [0.29, 0.717) is 12.2 Å². The number of carbonyl (C=O) groups is 5. The highest BCUT2D eigenvalue weighted by molar-refractivity contribution is 8.00. The van der Waals surface area contributed by atoms with Gasteiger partial charge in [0.05, 0.1) is 53.0 Å². The Morgan fingerprint density at radius 2 is 0.940 bits per heavy atom. The number of anilines is 2. The van der Waals surface area contributed by atoms with E-state index in [9.17, 15) is 24.0 Å². The third-order valence-corrected chi connectivity index (χ3v) is 16.2. The minimum atomic E-state index is -1.77. The van der Waals surface area contributed by atoms with E-state index in [1.165, 1.54) is 185 Å². The predicted octanol–water partition coefficient (Wildman–Crippen LogP) is 18.3. The summed E-state index contributed by atoms with van der Waals surface area (Å²) in [6, 6.07) is 7.52. The lowest BCUT2D eigenvalue weighted by molar-refractivity contribution is -0.304. The fraction of sp³-hybridized carbons (Fsp3) is 0.708. The van der Waals surface area contributed by atoms with Crippen molar-refractivity contribution in [3.8, 4) is 0 Å². The monoisotopic (exact) mass is 1220 g/mol. The molecule has 3 rings (SSSR count). The second kappa shape index (κ2) is 47.0. The van der Waals surface area contributed by atoms with E-state index in [0.717, 1.165) is 80.8 Å². The highest BCUT2D eigenvalue weighted by atomic mass is 35.5. The summed E-state index contributed by atoms with van der Waals surface area (Å²) in [5.41, 5.74) is 1.02. The minimum Gasteiger partial charge on any atom is -0.463 e. The average Bonchev–Trinajstić information content (AvgIpc) is 4.22. The largest absolute Gasteiger partial charge is 0.463 e. The van der Waals surface area contributed by atoms with Crippen LogP contribution in [0.15, 0.2) is 47.6 Å². The van der Waals surface area contributed by atoms with Crippen LogP contribution < -0.4 is 10.6 Å². The third-order valence-electron chi connectivity index (χ3n) is 14.6. The van der Waals surface area contributed by atoms with E-state index in [1.54, 1.807) is 25.1 Å². The molecule has 83 heavy (non-hydrogen) atoms. The number of rotatable bonds is 51. The summed E-state index contributed by atoms with van der Waals surface area (Å²) in [7, 11) is 0. The molecular weight excluding hydrogens is 1110 g/mol. The molecule has 3 aromatic rings. The van der Waals surface area contributed by atoms with Gasteiger partial charge in [0.25, 0.3) is 11.8 Å². The maximum absolute atomic E-state index is 14.4. The Hall–Kier alpha value is -4.22. The molecule has 2 aromatic carbocycles. The molecule has 0 aliphatic heterocycles. The van der Waals surface area contributed by atoms with E-state index in [-0.39, 0.29) is 51.8 Å². The van der Waals surface area contributed by atoms with Crippen LogP contribution in [0.25, 0.3) is 0 Å². The molecule has 18 heteroatoms.